The van der Waals surface area contributed by atoms with Crippen LogP contribution in [-0.2, 0) is 13.6 Å². The van der Waals surface area contributed by atoms with Crippen LogP contribution >= 0.6 is 11.8 Å². The van der Waals surface area contributed by atoms with Gasteiger partial charge in [0.1, 0.15) is 5.03 Å². The van der Waals surface area contributed by atoms with Gasteiger partial charge in [0.25, 0.3) is 0 Å². The zero-order valence-electron chi connectivity index (χ0n) is 11.9. The number of rotatable bonds is 5. The summed E-state index contributed by atoms with van der Waals surface area (Å²) in [5, 5.41) is 17.7. The van der Waals surface area contributed by atoms with Gasteiger partial charge < -0.3 is 5.32 Å². The van der Waals surface area contributed by atoms with E-state index in [2.05, 4.69) is 39.9 Å². The van der Waals surface area contributed by atoms with Crippen LogP contribution < -0.4 is 5.32 Å². The number of benzene rings is 1. The largest absolute Gasteiger partial charge is 0.313 e. The zero-order chi connectivity index (χ0) is 14.7. The number of para-hydroxylation sites is 1. The van der Waals surface area contributed by atoms with Gasteiger partial charge in [-0.3, -0.25) is 0 Å². The average Bonchev–Trinajstić information content (AvgIpc) is 2.90. The minimum Gasteiger partial charge on any atom is -0.313 e. The molecule has 21 heavy (non-hydrogen) atoms. The molecule has 0 radical (unpaired) electrons. The first-order valence-electron chi connectivity index (χ1n) is 6.77. The number of nitrogens with zero attached hydrogens (tertiary/aromatic N) is 5. The number of fused-ring (bicyclic) bond motifs is 1. The number of aromatic nitrogens is 5. The Morgan fingerprint density at radius 2 is 2.14 bits per heavy atom. The fraction of sp³-hybridized carbons (Fsp3) is 0.286. The Bertz CT molecular complexity index is 754. The van der Waals surface area contributed by atoms with Crippen molar-refractivity contribution in [3.05, 3.63) is 35.9 Å². The molecule has 0 aliphatic rings. The van der Waals surface area contributed by atoms with Crippen molar-refractivity contribution in [2.75, 3.05) is 6.54 Å². The third-order valence-electron chi connectivity index (χ3n) is 3.10. The second-order valence-corrected chi connectivity index (χ2v) is 5.57. The maximum absolute atomic E-state index is 4.76. The maximum atomic E-state index is 4.76. The second kappa shape index (κ2) is 6.19. The number of aryl methyl sites for hydroxylation is 1. The van der Waals surface area contributed by atoms with Gasteiger partial charge in [-0.1, -0.05) is 25.1 Å². The lowest BCUT2D eigenvalue weighted by atomic mass is 10.1. The Balaban J connectivity index is 2.02. The van der Waals surface area contributed by atoms with Gasteiger partial charge >= 0.3 is 0 Å². The Morgan fingerprint density at radius 3 is 2.90 bits per heavy atom. The molecule has 0 spiro atoms. The Kier molecular flexibility index (Phi) is 4.12. The van der Waals surface area contributed by atoms with Crippen molar-refractivity contribution < 1.29 is 0 Å². The number of pyridine rings is 1. The van der Waals surface area contributed by atoms with Crippen LogP contribution in [0.25, 0.3) is 10.9 Å². The van der Waals surface area contributed by atoms with Gasteiger partial charge in [0.05, 0.1) is 5.52 Å². The van der Waals surface area contributed by atoms with E-state index in [1.807, 2.05) is 25.2 Å². The van der Waals surface area contributed by atoms with Crippen molar-refractivity contribution >= 4 is 22.7 Å². The molecule has 0 saturated carbocycles. The zero-order valence-corrected chi connectivity index (χ0v) is 12.8. The Labute approximate surface area is 127 Å². The number of hydrogen-bond donors (Lipinski definition) is 1. The molecule has 6 nitrogen and oxygen atoms in total. The molecular weight excluding hydrogens is 284 g/mol. The second-order valence-electron chi connectivity index (χ2n) is 4.61. The van der Waals surface area contributed by atoms with E-state index < -0.39 is 0 Å². The first kappa shape index (κ1) is 14.0. The molecular formula is C14H16N6S. The summed E-state index contributed by atoms with van der Waals surface area (Å²) >= 11 is 1.49. The average molecular weight is 300 g/mol. The Morgan fingerprint density at radius 1 is 1.29 bits per heavy atom. The topological polar surface area (TPSA) is 68.5 Å². The third-order valence-corrected chi connectivity index (χ3v) is 4.17. The highest BCUT2D eigenvalue weighted by molar-refractivity contribution is 7.99. The van der Waals surface area contributed by atoms with Crippen LogP contribution in [-0.4, -0.2) is 31.7 Å². The quantitative estimate of drug-likeness (QED) is 0.777. The molecule has 0 saturated heterocycles. The van der Waals surface area contributed by atoms with Crippen LogP contribution in [0.1, 0.15) is 12.5 Å². The highest BCUT2D eigenvalue weighted by atomic mass is 32.2. The van der Waals surface area contributed by atoms with Gasteiger partial charge in [0.15, 0.2) is 0 Å². The van der Waals surface area contributed by atoms with Gasteiger partial charge in [0.2, 0.25) is 5.16 Å². The molecule has 0 aliphatic heterocycles. The van der Waals surface area contributed by atoms with Crippen LogP contribution in [0.3, 0.4) is 0 Å². The minimum atomic E-state index is 0.732. The first-order chi connectivity index (χ1) is 10.3. The molecule has 3 rings (SSSR count). The van der Waals surface area contributed by atoms with Crippen LogP contribution in [0.2, 0.25) is 0 Å². The van der Waals surface area contributed by atoms with E-state index in [1.165, 1.54) is 11.8 Å². The third kappa shape index (κ3) is 3.03. The van der Waals surface area contributed by atoms with Gasteiger partial charge in [-0.05, 0) is 46.4 Å². The summed E-state index contributed by atoms with van der Waals surface area (Å²) in [7, 11) is 1.83. The lowest BCUT2D eigenvalue weighted by Crippen LogP contribution is -2.13. The van der Waals surface area contributed by atoms with Crippen LogP contribution in [0.5, 0.6) is 0 Å². The van der Waals surface area contributed by atoms with Crippen molar-refractivity contribution in [3.8, 4) is 0 Å². The summed E-state index contributed by atoms with van der Waals surface area (Å²) in [6.07, 6.45) is 0. The van der Waals surface area contributed by atoms with E-state index >= 15 is 0 Å². The molecule has 3 aromatic rings. The van der Waals surface area contributed by atoms with E-state index in [4.69, 9.17) is 4.98 Å². The van der Waals surface area contributed by atoms with E-state index in [0.29, 0.717) is 0 Å². The maximum Gasteiger partial charge on any atom is 0.215 e. The number of tetrazole rings is 1. The molecule has 0 aliphatic carbocycles. The first-order valence-corrected chi connectivity index (χ1v) is 7.59. The van der Waals surface area contributed by atoms with Crippen molar-refractivity contribution in [2.24, 2.45) is 7.05 Å². The molecule has 0 atom stereocenters. The van der Waals surface area contributed by atoms with Crippen molar-refractivity contribution in [1.82, 2.24) is 30.5 Å². The fourth-order valence-electron chi connectivity index (χ4n) is 2.01. The Hall–Kier alpha value is -1.99. The summed E-state index contributed by atoms with van der Waals surface area (Å²) in [5.74, 6) is 0. The molecule has 0 unspecified atom stereocenters. The van der Waals surface area contributed by atoms with Gasteiger partial charge in [0, 0.05) is 19.0 Å². The summed E-state index contributed by atoms with van der Waals surface area (Å²) in [6.45, 7) is 3.79. The van der Waals surface area contributed by atoms with E-state index in [0.717, 1.165) is 39.7 Å². The van der Waals surface area contributed by atoms with E-state index in [-0.39, 0.29) is 0 Å². The summed E-state index contributed by atoms with van der Waals surface area (Å²) in [4.78, 5) is 4.76. The molecule has 2 heterocycles. The molecule has 0 bridgehead atoms. The monoisotopic (exact) mass is 300 g/mol. The predicted molar refractivity (Wildman–Crippen MR) is 82.0 cm³/mol. The van der Waals surface area contributed by atoms with Crippen LogP contribution in [0.15, 0.2) is 40.5 Å². The van der Waals surface area contributed by atoms with Crippen molar-refractivity contribution in [3.63, 3.8) is 0 Å². The number of nitrogens with one attached hydrogen (secondary N) is 1. The van der Waals surface area contributed by atoms with Gasteiger partial charge in [-0.2, -0.15) is 0 Å². The van der Waals surface area contributed by atoms with E-state index in [9.17, 15) is 0 Å². The molecule has 108 valence electrons. The normalized spacial score (nSPS) is 11.1. The van der Waals surface area contributed by atoms with Gasteiger partial charge in [-0.15, -0.1) is 5.10 Å². The van der Waals surface area contributed by atoms with Gasteiger partial charge in [-0.25, -0.2) is 9.67 Å². The summed E-state index contributed by atoms with van der Waals surface area (Å²) < 4.78 is 1.65. The van der Waals surface area contributed by atoms with Crippen molar-refractivity contribution in [2.45, 2.75) is 23.7 Å². The molecule has 7 heteroatoms. The molecule has 2 aromatic heterocycles. The highest BCUT2D eigenvalue weighted by Crippen LogP contribution is 2.29. The highest BCUT2D eigenvalue weighted by Gasteiger charge is 2.12. The lowest BCUT2D eigenvalue weighted by Gasteiger charge is -2.10. The predicted octanol–water partition coefficient (Wildman–Crippen LogP) is 2.02. The van der Waals surface area contributed by atoms with E-state index in [1.54, 1.807) is 4.68 Å². The fourth-order valence-corrected chi connectivity index (χ4v) is 2.84. The summed E-state index contributed by atoms with van der Waals surface area (Å²) in [5.41, 5.74) is 2.14. The molecule has 0 amide bonds. The minimum absolute atomic E-state index is 0.732. The summed E-state index contributed by atoms with van der Waals surface area (Å²) in [6, 6.07) is 10.3. The standard InChI is InChI=1S/C14H16N6S/c1-3-15-9-11-8-10-6-4-5-7-12(10)16-13(11)21-14-17-18-19-20(14)2/h4-8,15H,3,9H2,1-2H3. The molecule has 1 aromatic carbocycles. The molecule has 1 N–H and O–H groups in total. The van der Waals surface area contributed by atoms with Crippen LogP contribution in [0.4, 0.5) is 0 Å². The SMILES string of the molecule is CCNCc1cc2ccccc2nc1Sc1nnnn1C. The van der Waals surface area contributed by atoms with Crippen LogP contribution in [0, 0.1) is 0 Å². The lowest BCUT2D eigenvalue weighted by molar-refractivity contribution is 0.663. The molecule has 0 fully saturated rings. The van der Waals surface area contributed by atoms with Crippen molar-refractivity contribution in [1.29, 1.82) is 0 Å². The smallest absolute Gasteiger partial charge is 0.215 e. The number of hydrogen-bond acceptors (Lipinski definition) is 6.